The minimum Gasteiger partial charge on any atom is -0.507 e. The van der Waals surface area contributed by atoms with E-state index in [4.69, 9.17) is 0 Å². The van der Waals surface area contributed by atoms with Crippen molar-refractivity contribution in [3.63, 3.8) is 0 Å². The van der Waals surface area contributed by atoms with Gasteiger partial charge in [0.2, 0.25) is 0 Å². The number of phenolic OH excluding ortho intramolecular Hbond substituents is 2. The summed E-state index contributed by atoms with van der Waals surface area (Å²) in [4.78, 5) is 25.5. The molecule has 0 saturated heterocycles. The van der Waals surface area contributed by atoms with Gasteiger partial charge in [0.1, 0.15) is 23.4 Å². The fraction of sp³-hybridized carbons (Fsp3) is 0.0476. The van der Waals surface area contributed by atoms with E-state index in [1.54, 1.807) is 12.1 Å². The molecule has 1 atom stereocenters. The molecule has 0 saturated carbocycles. The average molecular weight is 364 g/mol. The summed E-state index contributed by atoms with van der Waals surface area (Å²) in [5, 5.41) is 31.5. The lowest BCUT2D eigenvalue weighted by molar-refractivity contribution is 0.0973. The Labute approximate surface area is 153 Å². The maximum atomic E-state index is 13.1. The maximum Gasteiger partial charge on any atom is 0.198 e. The lowest BCUT2D eigenvalue weighted by atomic mass is 9.81. The van der Waals surface area contributed by atoms with E-state index in [1.807, 2.05) is 0 Å². The number of carbonyl (C=O) groups is 2. The second-order valence-electron chi connectivity index (χ2n) is 6.24. The molecule has 6 heteroatoms. The van der Waals surface area contributed by atoms with Crippen molar-refractivity contribution in [2.45, 2.75) is 6.10 Å². The van der Waals surface area contributed by atoms with Crippen LogP contribution in [0.1, 0.15) is 49.1 Å². The third-order valence-electron chi connectivity index (χ3n) is 4.66. The predicted octanol–water partition coefficient (Wildman–Crippen LogP) is 3.09. The summed E-state index contributed by atoms with van der Waals surface area (Å²) in [5.74, 6) is -2.82. The van der Waals surface area contributed by atoms with E-state index < -0.39 is 35.0 Å². The van der Waals surface area contributed by atoms with Crippen molar-refractivity contribution in [1.29, 1.82) is 0 Å². The molecule has 27 heavy (non-hydrogen) atoms. The molecule has 0 amide bonds. The molecule has 0 heterocycles. The van der Waals surface area contributed by atoms with Crippen molar-refractivity contribution in [2.24, 2.45) is 0 Å². The van der Waals surface area contributed by atoms with E-state index in [-0.39, 0.29) is 33.4 Å². The van der Waals surface area contributed by atoms with Crippen LogP contribution in [0.4, 0.5) is 4.39 Å². The molecular weight excluding hydrogens is 351 g/mol. The quantitative estimate of drug-likeness (QED) is 0.475. The van der Waals surface area contributed by atoms with E-state index in [1.165, 1.54) is 24.3 Å². The Bertz CT molecular complexity index is 1100. The number of rotatable bonds is 2. The number of hydrogen-bond donors (Lipinski definition) is 3. The second kappa shape index (κ2) is 6.03. The number of benzene rings is 3. The van der Waals surface area contributed by atoms with Crippen molar-refractivity contribution < 1.29 is 29.3 Å². The highest BCUT2D eigenvalue weighted by Gasteiger charge is 2.36. The topological polar surface area (TPSA) is 94.8 Å². The smallest absolute Gasteiger partial charge is 0.198 e. The monoisotopic (exact) mass is 364 g/mol. The van der Waals surface area contributed by atoms with E-state index in [9.17, 15) is 29.3 Å². The Morgan fingerprint density at radius 2 is 1.37 bits per heavy atom. The molecule has 1 aliphatic carbocycles. The zero-order valence-corrected chi connectivity index (χ0v) is 13.8. The molecule has 0 spiro atoms. The highest BCUT2D eigenvalue weighted by molar-refractivity contribution is 6.30. The van der Waals surface area contributed by atoms with Gasteiger partial charge in [-0.15, -0.1) is 0 Å². The van der Waals surface area contributed by atoms with Gasteiger partial charge < -0.3 is 15.3 Å². The Kier molecular flexibility index (Phi) is 3.78. The SMILES string of the molecule is O=C1c2ccccc2C(=O)c2c(O)c(C(O)c3ccc(F)cc3)cc(O)c21. The van der Waals surface area contributed by atoms with Crippen LogP contribution in [0.25, 0.3) is 0 Å². The first-order valence-electron chi connectivity index (χ1n) is 8.11. The van der Waals surface area contributed by atoms with Crippen molar-refractivity contribution in [3.05, 3.63) is 93.8 Å². The molecule has 0 fully saturated rings. The van der Waals surface area contributed by atoms with Gasteiger partial charge in [0.05, 0.1) is 11.1 Å². The first kappa shape index (κ1) is 16.9. The second-order valence-corrected chi connectivity index (χ2v) is 6.24. The summed E-state index contributed by atoms with van der Waals surface area (Å²) >= 11 is 0. The van der Waals surface area contributed by atoms with Crippen LogP contribution < -0.4 is 0 Å². The van der Waals surface area contributed by atoms with Crippen LogP contribution in [0, 0.1) is 5.82 Å². The van der Waals surface area contributed by atoms with E-state index in [0.717, 1.165) is 18.2 Å². The summed E-state index contributed by atoms with van der Waals surface area (Å²) in [6, 6.07) is 12.1. The Balaban J connectivity index is 1.91. The molecule has 3 aromatic rings. The van der Waals surface area contributed by atoms with Crippen molar-refractivity contribution in [3.8, 4) is 11.5 Å². The van der Waals surface area contributed by atoms with Crippen LogP contribution in [-0.4, -0.2) is 26.9 Å². The molecule has 1 unspecified atom stereocenters. The fourth-order valence-corrected chi connectivity index (χ4v) is 3.31. The van der Waals surface area contributed by atoms with Gasteiger partial charge in [-0.25, -0.2) is 4.39 Å². The Morgan fingerprint density at radius 3 is 1.96 bits per heavy atom. The van der Waals surface area contributed by atoms with Gasteiger partial charge in [0.15, 0.2) is 11.6 Å². The third-order valence-corrected chi connectivity index (χ3v) is 4.66. The fourth-order valence-electron chi connectivity index (χ4n) is 3.31. The number of phenols is 2. The number of carbonyl (C=O) groups excluding carboxylic acids is 2. The maximum absolute atomic E-state index is 13.1. The number of aliphatic hydroxyl groups is 1. The molecule has 134 valence electrons. The highest BCUT2D eigenvalue weighted by atomic mass is 19.1. The number of fused-ring (bicyclic) bond motifs is 2. The Hall–Kier alpha value is -3.51. The summed E-state index contributed by atoms with van der Waals surface area (Å²) in [6.07, 6.45) is -1.43. The molecule has 0 aromatic heterocycles. The van der Waals surface area contributed by atoms with Gasteiger partial charge in [-0.2, -0.15) is 0 Å². The van der Waals surface area contributed by atoms with Gasteiger partial charge in [0, 0.05) is 16.7 Å². The van der Waals surface area contributed by atoms with Gasteiger partial charge >= 0.3 is 0 Å². The molecule has 3 aromatic carbocycles. The van der Waals surface area contributed by atoms with E-state index in [2.05, 4.69) is 0 Å². The summed E-state index contributed by atoms with van der Waals surface area (Å²) < 4.78 is 13.1. The van der Waals surface area contributed by atoms with Crippen LogP contribution >= 0.6 is 0 Å². The van der Waals surface area contributed by atoms with Crippen LogP contribution in [0.5, 0.6) is 11.5 Å². The molecule has 3 N–H and O–H groups in total. The zero-order chi connectivity index (χ0) is 19.3. The van der Waals surface area contributed by atoms with Crippen LogP contribution in [0.15, 0.2) is 54.6 Å². The number of halogens is 1. The van der Waals surface area contributed by atoms with E-state index in [0.29, 0.717) is 0 Å². The van der Waals surface area contributed by atoms with Gasteiger partial charge in [0.25, 0.3) is 0 Å². The van der Waals surface area contributed by atoms with Gasteiger partial charge in [-0.05, 0) is 23.8 Å². The predicted molar refractivity (Wildman–Crippen MR) is 93.5 cm³/mol. The first-order valence-corrected chi connectivity index (χ1v) is 8.11. The van der Waals surface area contributed by atoms with Crippen molar-refractivity contribution in [2.75, 3.05) is 0 Å². The van der Waals surface area contributed by atoms with Crippen LogP contribution in [-0.2, 0) is 0 Å². The highest BCUT2D eigenvalue weighted by Crippen LogP contribution is 2.43. The minimum atomic E-state index is -1.43. The molecule has 0 radical (unpaired) electrons. The number of aliphatic hydroxyl groups excluding tert-OH is 1. The standard InChI is InChI=1S/C21H13FO5/c22-11-7-5-10(6-8-11)18(24)14-9-15(23)16-17(21(14)27)20(26)13-4-2-1-3-12(13)19(16)25/h1-9,18,23-24,27H. The first-order chi connectivity index (χ1) is 12.9. The number of hydrogen-bond acceptors (Lipinski definition) is 5. The molecule has 5 nitrogen and oxygen atoms in total. The summed E-state index contributed by atoms with van der Waals surface area (Å²) in [7, 11) is 0. The van der Waals surface area contributed by atoms with Crippen molar-refractivity contribution in [1.82, 2.24) is 0 Å². The molecular formula is C21H13FO5. The van der Waals surface area contributed by atoms with Crippen LogP contribution in [0.3, 0.4) is 0 Å². The summed E-state index contributed by atoms with van der Waals surface area (Å²) in [6.45, 7) is 0. The lowest BCUT2D eigenvalue weighted by Gasteiger charge is -2.22. The normalized spacial score (nSPS) is 13.9. The third kappa shape index (κ3) is 2.50. The lowest BCUT2D eigenvalue weighted by Crippen LogP contribution is -2.22. The zero-order valence-electron chi connectivity index (χ0n) is 13.8. The molecule has 4 rings (SSSR count). The van der Waals surface area contributed by atoms with Gasteiger partial charge in [-0.3, -0.25) is 9.59 Å². The minimum absolute atomic E-state index is 0.109. The Morgan fingerprint density at radius 1 is 0.815 bits per heavy atom. The van der Waals surface area contributed by atoms with Crippen molar-refractivity contribution >= 4 is 11.6 Å². The number of aromatic hydroxyl groups is 2. The van der Waals surface area contributed by atoms with Crippen LogP contribution in [0.2, 0.25) is 0 Å². The van der Waals surface area contributed by atoms with Gasteiger partial charge in [-0.1, -0.05) is 36.4 Å². The largest absolute Gasteiger partial charge is 0.507 e. The summed E-state index contributed by atoms with van der Waals surface area (Å²) in [5.41, 5.74) is -0.310. The molecule has 0 bridgehead atoms. The number of ketones is 2. The van der Waals surface area contributed by atoms with E-state index >= 15 is 0 Å². The average Bonchev–Trinajstić information content (AvgIpc) is 2.67. The molecule has 1 aliphatic rings. The molecule has 0 aliphatic heterocycles.